The van der Waals surface area contributed by atoms with Gasteiger partial charge in [0.15, 0.2) is 0 Å². The van der Waals surface area contributed by atoms with E-state index in [4.69, 9.17) is 11.2 Å². The number of aliphatic hydroxyl groups is 1. The highest BCUT2D eigenvalue weighted by atomic mass is 19.1. The molecule has 20 heavy (non-hydrogen) atoms. The molecule has 2 atom stereocenters. The van der Waals surface area contributed by atoms with Crippen molar-refractivity contribution in [1.29, 1.82) is 0 Å². The third-order valence-electron chi connectivity index (χ3n) is 3.44. The summed E-state index contributed by atoms with van der Waals surface area (Å²) in [7, 11) is 1.30. The number of aliphatic hydroxyl groups excluding tert-OH is 1. The van der Waals surface area contributed by atoms with Crippen LogP contribution < -0.4 is 0 Å². The Morgan fingerprint density at radius 1 is 1.65 bits per heavy atom. The number of rotatable bonds is 3. The molecule has 0 unspecified atom stereocenters. The average Bonchev–Trinajstić information content (AvgIpc) is 2.81. The largest absolute Gasteiger partial charge is 0.468 e. The third-order valence-corrected chi connectivity index (χ3v) is 3.44. The van der Waals surface area contributed by atoms with Crippen LogP contribution in [0.25, 0.3) is 0 Å². The van der Waals surface area contributed by atoms with E-state index in [1.165, 1.54) is 19.2 Å². The van der Waals surface area contributed by atoms with Gasteiger partial charge in [0, 0.05) is 30.6 Å². The van der Waals surface area contributed by atoms with Gasteiger partial charge in [0.2, 0.25) is 0 Å². The van der Waals surface area contributed by atoms with Crippen molar-refractivity contribution >= 4 is 5.97 Å². The summed E-state index contributed by atoms with van der Waals surface area (Å²) in [4.78, 5) is 13.4. The highest BCUT2D eigenvalue weighted by molar-refractivity contribution is 5.76. The predicted molar refractivity (Wildman–Crippen MR) is 71.2 cm³/mol. The number of nitrogens with zero attached hydrogens (tertiary/aromatic N) is 1. The SMILES string of the molecule is C#Cc1ccc(F)c(CN2C[C@@H](O)C[C@H]2C(=O)OC)c1. The predicted octanol–water partition coefficient (Wildman–Crippen LogP) is 0.915. The summed E-state index contributed by atoms with van der Waals surface area (Å²) < 4.78 is 18.5. The number of halogens is 1. The number of β-amino-alcohol motifs (C(OH)–C–C–N with tert-alkyl or cyclic N) is 1. The first-order valence-electron chi connectivity index (χ1n) is 6.30. The van der Waals surface area contributed by atoms with Crippen molar-refractivity contribution in [3.63, 3.8) is 0 Å². The van der Waals surface area contributed by atoms with Crippen LogP contribution in [0.5, 0.6) is 0 Å². The van der Waals surface area contributed by atoms with Crippen LogP contribution in [0.15, 0.2) is 18.2 Å². The summed E-state index contributed by atoms with van der Waals surface area (Å²) in [5.41, 5.74) is 0.985. The Kier molecular flexibility index (Phi) is 4.38. The van der Waals surface area contributed by atoms with Crippen molar-refractivity contribution in [1.82, 2.24) is 4.90 Å². The fraction of sp³-hybridized carbons (Fsp3) is 0.400. The molecular formula is C15H16FNO3. The molecule has 2 rings (SSSR count). The molecule has 0 radical (unpaired) electrons. The molecule has 1 heterocycles. The van der Waals surface area contributed by atoms with Gasteiger partial charge < -0.3 is 9.84 Å². The number of terminal acetylenes is 1. The zero-order valence-corrected chi connectivity index (χ0v) is 11.2. The minimum atomic E-state index is -0.613. The number of likely N-dealkylation sites (tertiary alicyclic amines) is 1. The number of carbonyl (C=O) groups is 1. The second-order valence-electron chi connectivity index (χ2n) is 4.81. The lowest BCUT2D eigenvalue weighted by Crippen LogP contribution is -2.36. The zero-order chi connectivity index (χ0) is 14.7. The molecule has 0 bridgehead atoms. The van der Waals surface area contributed by atoms with Gasteiger partial charge >= 0.3 is 5.97 Å². The maximum atomic E-state index is 13.8. The van der Waals surface area contributed by atoms with Gasteiger partial charge in [0.25, 0.3) is 0 Å². The van der Waals surface area contributed by atoms with Gasteiger partial charge in [-0.25, -0.2) is 4.39 Å². The van der Waals surface area contributed by atoms with Crippen LogP contribution in [-0.4, -0.2) is 41.8 Å². The molecule has 0 saturated carbocycles. The Labute approximate surface area is 117 Å². The van der Waals surface area contributed by atoms with Crippen molar-refractivity contribution in [3.8, 4) is 12.3 Å². The van der Waals surface area contributed by atoms with E-state index in [0.717, 1.165) is 0 Å². The lowest BCUT2D eigenvalue weighted by atomic mass is 10.1. The summed E-state index contributed by atoms with van der Waals surface area (Å²) in [6, 6.07) is 3.86. The van der Waals surface area contributed by atoms with Gasteiger partial charge in [0.1, 0.15) is 11.9 Å². The fourth-order valence-electron chi connectivity index (χ4n) is 2.44. The lowest BCUT2D eigenvalue weighted by Gasteiger charge is -2.22. The monoisotopic (exact) mass is 277 g/mol. The average molecular weight is 277 g/mol. The molecule has 4 nitrogen and oxygen atoms in total. The van der Waals surface area contributed by atoms with E-state index in [2.05, 4.69) is 5.92 Å². The highest BCUT2D eigenvalue weighted by Crippen LogP contribution is 2.23. The molecule has 0 spiro atoms. The molecule has 1 aromatic rings. The minimum absolute atomic E-state index is 0.207. The van der Waals surface area contributed by atoms with Crippen molar-refractivity contribution in [2.45, 2.75) is 25.1 Å². The highest BCUT2D eigenvalue weighted by Gasteiger charge is 2.36. The standard InChI is InChI=1S/C15H16FNO3/c1-3-10-4-5-13(16)11(6-10)8-17-9-12(18)7-14(17)15(19)20-2/h1,4-6,12,14,18H,7-9H2,2H3/t12-,14-/m0/s1. The number of carbonyl (C=O) groups excluding carboxylic acids is 1. The maximum absolute atomic E-state index is 13.8. The molecule has 1 fully saturated rings. The third kappa shape index (κ3) is 2.98. The van der Waals surface area contributed by atoms with Crippen LogP contribution in [-0.2, 0) is 16.1 Å². The van der Waals surface area contributed by atoms with Gasteiger partial charge in [-0.05, 0) is 18.2 Å². The molecule has 1 aromatic carbocycles. The first kappa shape index (κ1) is 14.5. The maximum Gasteiger partial charge on any atom is 0.323 e. The minimum Gasteiger partial charge on any atom is -0.468 e. The lowest BCUT2D eigenvalue weighted by molar-refractivity contribution is -0.146. The fourth-order valence-corrected chi connectivity index (χ4v) is 2.44. The van der Waals surface area contributed by atoms with Crippen molar-refractivity contribution in [2.24, 2.45) is 0 Å². The van der Waals surface area contributed by atoms with E-state index in [1.807, 2.05) is 0 Å². The van der Waals surface area contributed by atoms with Crippen molar-refractivity contribution in [2.75, 3.05) is 13.7 Å². The molecule has 1 aliphatic heterocycles. The normalized spacial score (nSPS) is 22.5. The summed E-state index contributed by atoms with van der Waals surface area (Å²) in [6.45, 7) is 0.512. The Morgan fingerprint density at radius 3 is 3.05 bits per heavy atom. The van der Waals surface area contributed by atoms with E-state index < -0.39 is 18.1 Å². The summed E-state index contributed by atoms with van der Waals surface area (Å²) in [5.74, 6) is 1.65. The van der Waals surface area contributed by atoms with Crippen molar-refractivity contribution in [3.05, 3.63) is 35.1 Å². The number of hydrogen-bond donors (Lipinski definition) is 1. The number of esters is 1. The van der Waals surface area contributed by atoms with Crippen LogP contribution in [0, 0.1) is 18.2 Å². The molecule has 0 aromatic heterocycles. The van der Waals surface area contributed by atoms with Crippen LogP contribution in [0.4, 0.5) is 4.39 Å². The van der Waals surface area contributed by atoms with E-state index in [-0.39, 0.29) is 12.4 Å². The molecular weight excluding hydrogens is 261 g/mol. The second kappa shape index (κ2) is 6.04. The Balaban J connectivity index is 2.20. The molecule has 1 saturated heterocycles. The molecule has 5 heteroatoms. The first-order chi connectivity index (χ1) is 9.55. The Morgan fingerprint density at radius 2 is 2.40 bits per heavy atom. The first-order valence-corrected chi connectivity index (χ1v) is 6.30. The van der Waals surface area contributed by atoms with Crippen LogP contribution in [0.3, 0.4) is 0 Å². The number of hydrogen-bond acceptors (Lipinski definition) is 4. The molecule has 0 amide bonds. The second-order valence-corrected chi connectivity index (χ2v) is 4.81. The van der Waals surface area contributed by atoms with Crippen LogP contribution in [0.2, 0.25) is 0 Å². The number of benzene rings is 1. The Hall–Kier alpha value is -1.90. The zero-order valence-electron chi connectivity index (χ0n) is 11.2. The smallest absolute Gasteiger partial charge is 0.323 e. The number of ether oxygens (including phenoxy) is 1. The van der Waals surface area contributed by atoms with Crippen LogP contribution in [0.1, 0.15) is 17.5 Å². The van der Waals surface area contributed by atoms with Crippen molar-refractivity contribution < 1.29 is 19.0 Å². The topological polar surface area (TPSA) is 49.8 Å². The van der Waals surface area contributed by atoms with E-state index in [0.29, 0.717) is 24.1 Å². The quantitative estimate of drug-likeness (QED) is 0.659. The van der Waals surface area contributed by atoms with E-state index in [9.17, 15) is 14.3 Å². The van der Waals surface area contributed by atoms with Gasteiger partial charge in [-0.2, -0.15) is 0 Å². The van der Waals surface area contributed by atoms with Gasteiger partial charge in [-0.1, -0.05) is 5.92 Å². The van der Waals surface area contributed by atoms with E-state index in [1.54, 1.807) is 11.0 Å². The molecule has 0 aliphatic carbocycles. The van der Waals surface area contributed by atoms with Gasteiger partial charge in [0.05, 0.1) is 13.2 Å². The molecule has 1 N–H and O–H groups in total. The summed E-state index contributed by atoms with van der Waals surface area (Å²) >= 11 is 0. The van der Waals surface area contributed by atoms with Gasteiger partial charge in [-0.3, -0.25) is 9.69 Å². The molecule has 106 valence electrons. The molecule has 1 aliphatic rings. The van der Waals surface area contributed by atoms with Crippen LogP contribution >= 0.6 is 0 Å². The number of methoxy groups -OCH3 is 1. The summed E-state index contributed by atoms with van der Waals surface area (Å²) in [6.07, 6.45) is 4.98. The summed E-state index contributed by atoms with van der Waals surface area (Å²) in [5, 5.41) is 9.69. The Bertz CT molecular complexity index is 553. The van der Waals surface area contributed by atoms with E-state index >= 15 is 0 Å². The van der Waals surface area contributed by atoms with Gasteiger partial charge in [-0.15, -0.1) is 6.42 Å².